The van der Waals surface area contributed by atoms with Crippen LogP contribution < -0.4 is 10.5 Å². The average Bonchev–Trinajstić information content (AvgIpc) is 2.75. The number of benzene rings is 2. The van der Waals surface area contributed by atoms with Crippen molar-refractivity contribution < 1.29 is 19.0 Å². The van der Waals surface area contributed by atoms with Gasteiger partial charge in [-0.25, -0.2) is 4.79 Å². The molecule has 0 heterocycles. The molecule has 0 aliphatic heterocycles. The number of ether oxygens (including phenoxy) is 3. The topological polar surface area (TPSA) is 83.1 Å². The molecule has 0 fully saturated rings. The van der Waals surface area contributed by atoms with Crippen LogP contribution in [0, 0.1) is 0 Å². The van der Waals surface area contributed by atoms with E-state index >= 15 is 0 Å². The molecular formula is C22H26N2O4. The smallest absolute Gasteiger partial charge is 0.331 e. The predicted octanol–water partition coefficient (Wildman–Crippen LogP) is 2.65. The van der Waals surface area contributed by atoms with Crippen molar-refractivity contribution in [3.05, 3.63) is 64.7 Å². The van der Waals surface area contributed by atoms with Crippen molar-refractivity contribution >= 4 is 11.8 Å². The van der Waals surface area contributed by atoms with E-state index in [1.54, 1.807) is 7.05 Å². The van der Waals surface area contributed by atoms with E-state index in [0.717, 1.165) is 36.1 Å². The Kier molecular flexibility index (Phi) is 6.66. The lowest BCUT2D eigenvalue weighted by atomic mass is 9.89. The van der Waals surface area contributed by atoms with Crippen LogP contribution in [0.25, 0.3) is 0 Å². The predicted molar refractivity (Wildman–Crippen MR) is 108 cm³/mol. The molecule has 3 rings (SSSR count). The van der Waals surface area contributed by atoms with E-state index in [1.165, 1.54) is 18.2 Å². The highest BCUT2D eigenvalue weighted by Crippen LogP contribution is 2.27. The Morgan fingerprint density at radius 2 is 1.96 bits per heavy atom. The summed E-state index contributed by atoms with van der Waals surface area (Å²) in [5.74, 6) is 1.04. The number of rotatable bonds is 7. The third-order valence-corrected chi connectivity index (χ3v) is 4.92. The highest BCUT2D eigenvalue weighted by Gasteiger charge is 2.20. The fraction of sp³-hybridized carbons (Fsp3) is 0.364. The van der Waals surface area contributed by atoms with Gasteiger partial charge < -0.3 is 19.9 Å². The first-order valence-corrected chi connectivity index (χ1v) is 9.33. The number of hydrogen-bond donors (Lipinski definition) is 1. The molecule has 0 saturated carbocycles. The minimum atomic E-state index is -0.341. The van der Waals surface area contributed by atoms with Gasteiger partial charge in [-0.3, -0.25) is 4.99 Å². The number of aryl methyl sites for hydroxylation is 1. The number of methoxy groups -OCH3 is 1. The molecule has 0 spiro atoms. The van der Waals surface area contributed by atoms with E-state index in [2.05, 4.69) is 21.9 Å². The standard InChI is InChI=1S/C22H26N2O4/c1-24-22(23)16-5-3-15(4-6-16)13-27-19-9-7-18-12-20(10-8-17(18)11-19)28-14-21(25)26-2/h3-7,9,11,20H,8,10,12-14H2,1-2H3,(H2,23,24). The number of esters is 1. The first kappa shape index (κ1) is 19.9. The third kappa shape index (κ3) is 5.10. The third-order valence-electron chi connectivity index (χ3n) is 4.92. The van der Waals surface area contributed by atoms with Gasteiger partial charge in [-0.05, 0) is 48.1 Å². The van der Waals surface area contributed by atoms with E-state index in [-0.39, 0.29) is 18.7 Å². The lowest BCUT2D eigenvalue weighted by Gasteiger charge is -2.25. The number of aliphatic imine (C=N–C) groups is 1. The average molecular weight is 382 g/mol. The molecule has 1 aliphatic carbocycles. The summed E-state index contributed by atoms with van der Waals surface area (Å²) in [5.41, 5.74) is 10.3. The maximum absolute atomic E-state index is 11.2. The number of nitrogens with two attached hydrogens (primary N) is 1. The fourth-order valence-electron chi connectivity index (χ4n) is 3.24. The maximum atomic E-state index is 11.2. The Bertz CT molecular complexity index is 846. The number of carbonyl (C=O) groups is 1. The van der Waals surface area contributed by atoms with Gasteiger partial charge in [0, 0.05) is 12.6 Å². The quantitative estimate of drug-likeness (QED) is 0.452. The Morgan fingerprint density at radius 1 is 1.18 bits per heavy atom. The van der Waals surface area contributed by atoms with Crippen LogP contribution in [-0.2, 0) is 33.7 Å². The van der Waals surface area contributed by atoms with Crippen molar-refractivity contribution in [2.24, 2.45) is 10.7 Å². The molecule has 1 unspecified atom stereocenters. The lowest BCUT2D eigenvalue weighted by Crippen LogP contribution is -2.25. The number of amidine groups is 1. The molecular weight excluding hydrogens is 356 g/mol. The van der Waals surface area contributed by atoms with Crippen LogP contribution in [0.1, 0.15) is 28.7 Å². The second-order valence-corrected chi connectivity index (χ2v) is 6.78. The van der Waals surface area contributed by atoms with E-state index in [0.29, 0.717) is 12.4 Å². The summed E-state index contributed by atoms with van der Waals surface area (Å²) < 4.78 is 16.2. The molecule has 0 bridgehead atoms. The molecule has 1 atom stereocenters. The lowest BCUT2D eigenvalue weighted by molar-refractivity contribution is -0.148. The summed E-state index contributed by atoms with van der Waals surface area (Å²) in [5, 5.41) is 0. The molecule has 6 heteroatoms. The number of nitrogens with zero attached hydrogens (tertiary/aromatic N) is 1. The van der Waals surface area contributed by atoms with Gasteiger partial charge in [-0.2, -0.15) is 0 Å². The van der Waals surface area contributed by atoms with Gasteiger partial charge in [-0.1, -0.05) is 30.3 Å². The first-order valence-electron chi connectivity index (χ1n) is 9.33. The SMILES string of the molecule is CN=C(N)c1ccc(COc2ccc3c(c2)CCC(OCC(=O)OC)C3)cc1. The van der Waals surface area contributed by atoms with Gasteiger partial charge in [0.15, 0.2) is 0 Å². The summed E-state index contributed by atoms with van der Waals surface area (Å²) in [7, 11) is 3.04. The minimum Gasteiger partial charge on any atom is -0.489 e. The molecule has 2 aromatic carbocycles. The molecule has 6 nitrogen and oxygen atoms in total. The van der Waals surface area contributed by atoms with E-state index in [4.69, 9.17) is 15.2 Å². The summed E-state index contributed by atoms with van der Waals surface area (Å²) in [4.78, 5) is 15.2. The highest BCUT2D eigenvalue weighted by molar-refractivity contribution is 5.97. The Morgan fingerprint density at radius 3 is 2.68 bits per heavy atom. The largest absolute Gasteiger partial charge is 0.489 e. The van der Waals surface area contributed by atoms with Crippen molar-refractivity contribution in [3.63, 3.8) is 0 Å². The summed E-state index contributed by atoms with van der Waals surface area (Å²) in [6.07, 6.45) is 2.64. The van der Waals surface area contributed by atoms with Crippen LogP contribution in [0.5, 0.6) is 5.75 Å². The number of fused-ring (bicyclic) bond motifs is 1. The molecule has 0 saturated heterocycles. The normalized spacial score (nSPS) is 16.4. The Hall–Kier alpha value is -2.86. The van der Waals surface area contributed by atoms with Gasteiger partial charge >= 0.3 is 5.97 Å². The van der Waals surface area contributed by atoms with Crippen LogP contribution >= 0.6 is 0 Å². The van der Waals surface area contributed by atoms with Crippen LogP contribution in [0.3, 0.4) is 0 Å². The molecule has 148 valence electrons. The summed E-state index contributed by atoms with van der Waals surface area (Å²) in [6.45, 7) is 0.499. The summed E-state index contributed by atoms with van der Waals surface area (Å²) >= 11 is 0. The van der Waals surface area contributed by atoms with Crippen molar-refractivity contribution in [2.75, 3.05) is 20.8 Å². The zero-order valence-electron chi connectivity index (χ0n) is 16.3. The zero-order valence-corrected chi connectivity index (χ0v) is 16.3. The van der Waals surface area contributed by atoms with E-state index in [9.17, 15) is 4.79 Å². The van der Waals surface area contributed by atoms with Crippen molar-refractivity contribution in [3.8, 4) is 5.75 Å². The first-order chi connectivity index (χ1) is 13.6. The molecule has 2 aromatic rings. The van der Waals surface area contributed by atoms with E-state index in [1.807, 2.05) is 30.3 Å². The highest BCUT2D eigenvalue weighted by atomic mass is 16.6. The van der Waals surface area contributed by atoms with Crippen LogP contribution in [0.15, 0.2) is 47.5 Å². The van der Waals surface area contributed by atoms with Gasteiger partial charge in [-0.15, -0.1) is 0 Å². The second kappa shape index (κ2) is 9.37. The molecule has 0 radical (unpaired) electrons. The molecule has 28 heavy (non-hydrogen) atoms. The van der Waals surface area contributed by atoms with Gasteiger partial charge in [0.2, 0.25) is 0 Å². The monoisotopic (exact) mass is 382 g/mol. The van der Waals surface area contributed by atoms with Crippen LogP contribution in [-0.4, -0.2) is 38.7 Å². The van der Waals surface area contributed by atoms with Gasteiger partial charge in [0.25, 0.3) is 0 Å². The molecule has 0 aromatic heterocycles. The molecule has 1 aliphatic rings. The van der Waals surface area contributed by atoms with E-state index < -0.39 is 0 Å². The van der Waals surface area contributed by atoms with Crippen molar-refractivity contribution in [1.29, 1.82) is 0 Å². The number of carbonyl (C=O) groups excluding carboxylic acids is 1. The van der Waals surface area contributed by atoms with Crippen LogP contribution in [0.4, 0.5) is 0 Å². The molecule has 2 N–H and O–H groups in total. The van der Waals surface area contributed by atoms with Gasteiger partial charge in [0.1, 0.15) is 24.8 Å². The Labute approximate surface area is 165 Å². The summed E-state index contributed by atoms with van der Waals surface area (Å²) in [6, 6.07) is 14.0. The Balaban J connectivity index is 1.55. The maximum Gasteiger partial charge on any atom is 0.331 e. The zero-order chi connectivity index (χ0) is 19.9. The van der Waals surface area contributed by atoms with Crippen LogP contribution in [0.2, 0.25) is 0 Å². The second-order valence-electron chi connectivity index (χ2n) is 6.78. The minimum absolute atomic E-state index is 0.00619. The fourth-order valence-corrected chi connectivity index (χ4v) is 3.24. The molecule has 0 amide bonds. The van der Waals surface area contributed by atoms with Crippen molar-refractivity contribution in [2.45, 2.75) is 32.0 Å². The van der Waals surface area contributed by atoms with Crippen molar-refractivity contribution in [1.82, 2.24) is 0 Å². The number of hydrogen-bond acceptors (Lipinski definition) is 5. The van der Waals surface area contributed by atoms with Gasteiger partial charge in [0.05, 0.1) is 13.2 Å².